The largest absolute Gasteiger partial charge is 0.504 e. The summed E-state index contributed by atoms with van der Waals surface area (Å²) in [6.07, 6.45) is 10.5. The molecule has 0 saturated heterocycles. The summed E-state index contributed by atoms with van der Waals surface area (Å²) in [4.78, 5) is 0. The molecule has 0 fully saturated rings. The Bertz CT molecular complexity index is 592. The Morgan fingerprint density at radius 2 is 1.78 bits per heavy atom. The highest BCUT2D eigenvalue weighted by Crippen LogP contribution is 2.35. The molecular formula is C21H30O2. The van der Waals surface area contributed by atoms with Crippen molar-refractivity contribution in [2.75, 3.05) is 0 Å². The molecular weight excluding hydrogens is 284 g/mol. The van der Waals surface area contributed by atoms with Crippen molar-refractivity contribution in [3.8, 4) is 11.5 Å². The van der Waals surface area contributed by atoms with Gasteiger partial charge in [0.15, 0.2) is 11.5 Å². The molecule has 0 heterocycles. The summed E-state index contributed by atoms with van der Waals surface area (Å²) in [5.41, 5.74) is 3.52. The number of hydrogen-bond donors (Lipinski definition) is 2. The maximum Gasteiger partial charge on any atom is 0.157 e. The van der Waals surface area contributed by atoms with Crippen LogP contribution in [0.4, 0.5) is 0 Å². The summed E-state index contributed by atoms with van der Waals surface area (Å²) in [5, 5.41) is 19.2. The van der Waals surface area contributed by atoms with E-state index in [1.807, 2.05) is 12.1 Å². The van der Waals surface area contributed by atoms with Crippen LogP contribution in [0.1, 0.15) is 58.9 Å². The predicted molar refractivity (Wildman–Crippen MR) is 99.0 cm³/mol. The fourth-order valence-electron chi connectivity index (χ4n) is 2.55. The van der Waals surface area contributed by atoms with Crippen LogP contribution in [0.5, 0.6) is 11.5 Å². The van der Waals surface area contributed by atoms with Crippen molar-refractivity contribution in [2.45, 2.75) is 58.8 Å². The number of rotatable bonds is 8. The van der Waals surface area contributed by atoms with Gasteiger partial charge in [0.1, 0.15) is 0 Å². The number of benzene rings is 1. The van der Waals surface area contributed by atoms with Crippen LogP contribution in [-0.4, -0.2) is 10.2 Å². The Labute approximate surface area is 140 Å². The number of allylic oxidation sites excluding steroid dienone is 5. The smallest absolute Gasteiger partial charge is 0.157 e. The van der Waals surface area contributed by atoms with Crippen molar-refractivity contribution in [3.05, 3.63) is 59.7 Å². The molecule has 0 aliphatic carbocycles. The summed E-state index contributed by atoms with van der Waals surface area (Å²) in [6.45, 7) is 12.5. The molecule has 2 nitrogen and oxygen atoms in total. The number of phenolic OH excluding ortho intramolecular Hbond substituents is 2. The second-order valence-corrected chi connectivity index (χ2v) is 6.73. The molecule has 0 radical (unpaired) electrons. The van der Waals surface area contributed by atoms with Crippen molar-refractivity contribution in [1.82, 2.24) is 0 Å². The highest BCUT2D eigenvalue weighted by molar-refractivity contribution is 5.44. The number of hydrogen-bond acceptors (Lipinski definition) is 2. The van der Waals surface area contributed by atoms with E-state index >= 15 is 0 Å². The normalized spacial score (nSPS) is 14.2. The van der Waals surface area contributed by atoms with Crippen LogP contribution in [0.2, 0.25) is 0 Å². The Balaban J connectivity index is 2.70. The lowest BCUT2D eigenvalue weighted by Gasteiger charge is -2.26. The first-order valence-corrected chi connectivity index (χ1v) is 8.23. The van der Waals surface area contributed by atoms with Gasteiger partial charge in [-0.1, -0.05) is 42.4 Å². The molecule has 1 aromatic rings. The SMILES string of the molecule is C=C[C@](C)(CCC=C(C)CCC=C(C)C)c1ccc(O)c(O)c1. The zero-order valence-electron chi connectivity index (χ0n) is 14.9. The molecule has 23 heavy (non-hydrogen) atoms. The minimum atomic E-state index is -0.220. The van der Waals surface area contributed by atoms with Crippen molar-refractivity contribution < 1.29 is 10.2 Å². The minimum absolute atomic E-state index is 0.0796. The van der Waals surface area contributed by atoms with E-state index < -0.39 is 0 Å². The van der Waals surface area contributed by atoms with Gasteiger partial charge in [0.05, 0.1) is 0 Å². The van der Waals surface area contributed by atoms with Crippen molar-refractivity contribution in [2.24, 2.45) is 0 Å². The number of aromatic hydroxyl groups is 2. The van der Waals surface area contributed by atoms with Gasteiger partial charge in [-0.05, 0) is 64.2 Å². The summed E-state index contributed by atoms with van der Waals surface area (Å²) >= 11 is 0. The van der Waals surface area contributed by atoms with Gasteiger partial charge in [0.25, 0.3) is 0 Å². The zero-order valence-corrected chi connectivity index (χ0v) is 14.9. The predicted octanol–water partition coefficient (Wildman–Crippen LogP) is 6.01. The monoisotopic (exact) mass is 314 g/mol. The molecule has 0 bridgehead atoms. The van der Waals surface area contributed by atoms with Gasteiger partial charge in [-0.15, -0.1) is 6.58 Å². The van der Waals surface area contributed by atoms with E-state index in [0.717, 1.165) is 31.2 Å². The van der Waals surface area contributed by atoms with Crippen LogP contribution in [-0.2, 0) is 5.41 Å². The maximum atomic E-state index is 9.71. The first-order valence-electron chi connectivity index (χ1n) is 8.23. The van der Waals surface area contributed by atoms with Crippen LogP contribution in [0.25, 0.3) is 0 Å². The lowest BCUT2D eigenvalue weighted by molar-refractivity contribution is 0.401. The van der Waals surface area contributed by atoms with Crippen LogP contribution >= 0.6 is 0 Å². The van der Waals surface area contributed by atoms with Gasteiger partial charge in [-0.25, -0.2) is 0 Å². The minimum Gasteiger partial charge on any atom is -0.504 e. The molecule has 0 aliphatic heterocycles. The Morgan fingerprint density at radius 3 is 2.35 bits per heavy atom. The van der Waals surface area contributed by atoms with Crippen LogP contribution < -0.4 is 0 Å². The van der Waals surface area contributed by atoms with Gasteiger partial charge in [-0.2, -0.15) is 0 Å². The van der Waals surface area contributed by atoms with E-state index in [9.17, 15) is 10.2 Å². The summed E-state index contributed by atoms with van der Waals surface area (Å²) in [6, 6.07) is 5.01. The second-order valence-electron chi connectivity index (χ2n) is 6.73. The molecule has 1 aromatic carbocycles. The van der Waals surface area contributed by atoms with Gasteiger partial charge in [-0.3, -0.25) is 0 Å². The Hall–Kier alpha value is -1.96. The summed E-state index contributed by atoms with van der Waals surface area (Å²) in [5.74, 6) is -0.167. The third-order valence-corrected chi connectivity index (χ3v) is 4.33. The van der Waals surface area contributed by atoms with Crippen molar-refractivity contribution in [3.63, 3.8) is 0 Å². The molecule has 2 heteroatoms. The topological polar surface area (TPSA) is 40.5 Å². The van der Waals surface area contributed by atoms with Crippen molar-refractivity contribution >= 4 is 0 Å². The molecule has 126 valence electrons. The maximum absolute atomic E-state index is 9.71. The van der Waals surface area contributed by atoms with E-state index in [2.05, 4.69) is 46.4 Å². The fraction of sp³-hybridized carbons (Fsp3) is 0.429. The molecule has 0 unspecified atom stereocenters. The van der Waals surface area contributed by atoms with Gasteiger partial charge in [0.2, 0.25) is 0 Å². The quantitative estimate of drug-likeness (QED) is 0.455. The highest BCUT2D eigenvalue weighted by Gasteiger charge is 2.23. The molecule has 0 aliphatic rings. The van der Waals surface area contributed by atoms with Gasteiger partial charge in [0, 0.05) is 5.41 Å². The lowest BCUT2D eigenvalue weighted by Crippen LogP contribution is -2.18. The third kappa shape index (κ3) is 5.97. The fourth-order valence-corrected chi connectivity index (χ4v) is 2.55. The Morgan fingerprint density at radius 1 is 1.09 bits per heavy atom. The van der Waals surface area contributed by atoms with E-state index in [0.29, 0.717) is 0 Å². The molecule has 0 saturated carbocycles. The molecule has 1 atom stereocenters. The van der Waals surface area contributed by atoms with E-state index in [1.54, 1.807) is 6.07 Å². The molecule has 0 spiro atoms. The zero-order chi connectivity index (χ0) is 17.5. The molecule has 0 amide bonds. The summed E-state index contributed by atoms with van der Waals surface area (Å²) in [7, 11) is 0. The third-order valence-electron chi connectivity index (χ3n) is 4.33. The van der Waals surface area contributed by atoms with Gasteiger partial charge >= 0.3 is 0 Å². The van der Waals surface area contributed by atoms with Gasteiger partial charge < -0.3 is 10.2 Å². The lowest BCUT2D eigenvalue weighted by atomic mass is 9.78. The first-order chi connectivity index (χ1) is 10.8. The van der Waals surface area contributed by atoms with Crippen molar-refractivity contribution in [1.29, 1.82) is 0 Å². The average molecular weight is 314 g/mol. The van der Waals surface area contributed by atoms with E-state index in [-0.39, 0.29) is 16.9 Å². The molecule has 1 rings (SSSR count). The summed E-state index contributed by atoms with van der Waals surface area (Å²) < 4.78 is 0. The van der Waals surface area contributed by atoms with Crippen LogP contribution in [0.3, 0.4) is 0 Å². The van der Waals surface area contributed by atoms with Crippen LogP contribution in [0.15, 0.2) is 54.2 Å². The highest BCUT2D eigenvalue weighted by atomic mass is 16.3. The Kier molecular flexibility index (Phi) is 7.15. The number of phenols is 2. The van der Waals surface area contributed by atoms with E-state index in [1.165, 1.54) is 17.2 Å². The van der Waals surface area contributed by atoms with Crippen LogP contribution in [0, 0.1) is 0 Å². The average Bonchev–Trinajstić information content (AvgIpc) is 2.49. The van der Waals surface area contributed by atoms with E-state index in [4.69, 9.17) is 0 Å². The molecule has 2 N–H and O–H groups in total. The standard InChI is InChI=1S/C21H30O2/c1-6-21(5,18-12-13-19(22)20(23)15-18)14-8-11-17(4)10-7-9-16(2)3/h6,9,11-13,15,22-23H,1,7-8,10,14H2,2-5H3/t21-/m1/s1. The first kappa shape index (κ1) is 19.1. The molecule has 0 aromatic heterocycles. The second kappa shape index (κ2) is 8.61.